The highest BCUT2D eigenvalue weighted by Crippen LogP contribution is 2.14. The van der Waals surface area contributed by atoms with E-state index in [0.29, 0.717) is 5.76 Å². The average Bonchev–Trinajstić information content (AvgIpc) is 2.63. The number of carbonyl (C=O) groups is 1. The lowest BCUT2D eigenvalue weighted by molar-refractivity contribution is 0.0472. The van der Waals surface area contributed by atoms with Crippen molar-refractivity contribution in [2.75, 3.05) is 6.61 Å². The predicted octanol–water partition coefficient (Wildman–Crippen LogP) is 1.84. The molecule has 1 atom stereocenters. The van der Waals surface area contributed by atoms with E-state index in [9.17, 15) is 4.79 Å². The summed E-state index contributed by atoms with van der Waals surface area (Å²) in [6.07, 6.45) is 0.900. The van der Waals surface area contributed by atoms with E-state index in [0.717, 1.165) is 0 Å². The van der Waals surface area contributed by atoms with Crippen LogP contribution in [0.15, 0.2) is 22.8 Å². The number of carbonyl (C=O) groups excluding carboxylic acids is 1. The summed E-state index contributed by atoms with van der Waals surface area (Å²) in [7, 11) is 0. The van der Waals surface area contributed by atoms with E-state index in [4.69, 9.17) is 14.3 Å². The molecule has 0 unspecified atom stereocenters. The van der Waals surface area contributed by atoms with Gasteiger partial charge in [0.25, 0.3) is 0 Å². The number of furan rings is 1. The minimum atomic E-state index is -0.581. The SMILES string of the molecule is CC(C)(C)OC(=O)N[C@H](CO)c1ccco1. The molecular weight excluding hydrogens is 210 g/mol. The maximum atomic E-state index is 11.4. The Kier molecular flexibility index (Phi) is 3.95. The van der Waals surface area contributed by atoms with Gasteiger partial charge in [-0.05, 0) is 32.9 Å². The molecule has 1 aromatic rings. The number of hydrogen-bond donors (Lipinski definition) is 2. The minimum Gasteiger partial charge on any atom is -0.467 e. The Morgan fingerprint density at radius 1 is 1.62 bits per heavy atom. The molecule has 1 heterocycles. The first-order valence-corrected chi connectivity index (χ1v) is 5.06. The largest absolute Gasteiger partial charge is 0.467 e. The quantitative estimate of drug-likeness (QED) is 0.826. The average molecular weight is 227 g/mol. The molecule has 0 aliphatic carbocycles. The van der Waals surface area contributed by atoms with Gasteiger partial charge in [-0.15, -0.1) is 0 Å². The molecule has 2 N–H and O–H groups in total. The van der Waals surface area contributed by atoms with Gasteiger partial charge in [-0.2, -0.15) is 0 Å². The van der Waals surface area contributed by atoms with Crippen LogP contribution in [0.1, 0.15) is 32.6 Å². The molecule has 0 saturated heterocycles. The zero-order valence-corrected chi connectivity index (χ0v) is 9.69. The van der Waals surface area contributed by atoms with E-state index in [1.54, 1.807) is 32.9 Å². The molecule has 0 saturated carbocycles. The maximum Gasteiger partial charge on any atom is 0.408 e. The normalized spacial score (nSPS) is 13.2. The van der Waals surface area contributed by atoms with E-state index in [-0.39, 0.29) is 6.61 Å². The molecular formula is C11H17NO4. The first kappa shape index (κ1) is 12.6. The van der Waals surface area contributed by atoms with Gasteiger partial charge in [-0.1, -0.05) is 0 Å². The van der Waals surface area contributed by atoms with Crippen LogP contribution in [0.3, 0.4) is 0 Å². The maximum absolute atomic E-state index is 11.4. The van der Waals surface area contributed by atoms with Crippen molar-refractivity contribution in [2.24, 2.45) is 0 Å². The molecule has 0 aliphatic rings. The summed E-state index contributed by atoms with van der Waals surface area (Å²) in [6, 6.07) is 2.79. The third kappa shape index (κ3) is 3.94. The summed E-state index contributed by atoms with van der Waals surface area (Å²) >= 11 is 0. The number of rotatable bonds is 3. The molecule has 1 aromatic heterocycles. The molecule has 0 spiro atoms. The highest BCUT2D eigenvalue weighted by Gasteiger charge is 2.21. The van der Waals surface area contributed by atoms with Gasteiger partial charge in [0, 0.05) is 0 Å². The predicted molar refractivity (Wildman–Crippen MR) is 57.9 cm³/mol. The van der Waals surface area contributed by atoms with Gasteiger partial charge >= 0.3 is 6.09 Å². The smallest absolute Gasteiger partial charge is 0.408 e. The van der Waals surface area contributed by atoms with Crippen LogP contribution < -0.4 is 5.32 Å². The number of alkyl carbamates (subject to hydrolysis) is 1. The lowest BCUT2D eigenvalue weighted by Crippen LogP contribution is -2.36. The molecule has 1 amide bonds. The second-order valence-corrected chi connectivity index (χ2v) is 4.40. The van der Waals surface area contributed by atoms with E-state index in [2.05, 4.69) is 5.32 Å². The van der Waals surface area contributed by atoms with E-state index in [1.807, 2.05) is 0 Å². The van der Waals surface area contributed by atoms with E-state index >= 15 is 0 Å². The minimum absolute atomic E-state index is 0.243. The third-order valence-electron chi connectivity index (χ3n) is 1.76. The van der Waals surface area contributed by atoms with E-state index in [1.165, 1.54) is 6.26 Å². The summed E-state index contributed by atoms with van der Waals surface area (Å²) < 4.78 is 10.2. The van der Waals surface area contributed by atoms with Crippen LogP contribution >= 0.6 is 0 Å². The van der Waals surface area contributed by atoms with Crippen molar-refractivity contribution >= 4 is 6.09 Å². The summed E-state index contributed by atoms with van der Waals surface area (Å²) in [5.74, 6) is 0.494. The molecule has 0 aliphatic heterocycles. The fourth-order valence-electron chi connectivity index (χ4n) is 1.15. The van der Waals surface area contributed by atoms with Gasteiger partial charge < -0.3 is 19.6 Å². The second kappa shape index (κ2) is 5.03. The fourth-order valence-corrected chi connectivity index (χ4v) is 1.15. The Hall–Kier alpha value is -1.49. The van der Waals surface area contributed by atoms with E-state index < -0.39 is 17.7 Å². The van der Waals surface area contributed by atoms with Gasteiger partial charge in [0.15, 0.2) is 0 Å². The first-order valence-electron chi connectivity index (χ1n) is 5.06. The zero-order chi connectivity index (χ0) is 12.2. The van der Waals surface area contributed by atoms with Crippen LogP contribution in [0.2, 0.25) is 0 Å². The molecule has 0 bridgehead atoms. The lowest BCUT2D eigenvalue weighted by Gasteiger charge is -2.21. The van der Waals surface area contributed by atoms with Crippen molar-refractivity contribution in [3.8, 4) is 0 Å². The second-order valence-electron chi connectivity index (χ2n) is 4.40. The van der Waals surface area contributed by atoms with Crippen LogP contribution in [0.25, 0.3) is 0 Å². The molecule has 90 valence electrons. The fraction of sp³-hybridized carbons (Fsp3) is 0.545. The van der Waals surface area contributed by atoms with Crippen LogP contribution in [0.5, 0.6) is 0 Å². The molecule has 0 radical (unpaired) electrons. The summed E-state index contributed by atoms with van der Waals surface area (Å²) in [4.78, 5) is 11.4. The van der Waals surface area contributed by atoms with Crippen molar-refractivity contribution in [3.05, 3.63) is 24.2 Å². The first-order chi connectivity index (χ1) is 7.42. The van der Waals surface area contributed by atoms with Crippen LogP contribution in [0, 0.1) is 0 Å². The topological polar surface area (TPSA) is 71.7 Å². The molecule has 0 aromatic carbocycles. The molecule has 16 heavy (non-hydrogen) atoms. The monoisotopic (exact) mass is 227 g/mol. The molecule has 0 fully saturated rings. The van der Waals surface area contributed by atoms with Crippen molar-refractivity contribution in [2.45, 2.75) is 32.4 Å². The number of nitrogens with one attached hydrogen (secondary N) is 1. The van der Waals surface area contributed by atoms with Gasteiger partial charge in [0.05, 0.1) is 12.9 Å². The Bertz CT molecular complexity index is 326. The van der Waals surface area contributed by atoms with Crippen molar-refractivity contribution in [1.82, 2.24) is 5.32 Å². The standard InChI is InChI=1S/C11H17NO4/c1-11(2,3)16-10(14)12-8(7-13)9-5-4-6-15-9/h4-6,8,13H,7H2,1-3H3,(H,12,14)/t8-/m1/s1. The summed E-state index contributed by atoms with van der Waals surface area (Å²) in [5.41, 5.74) is -0.562. The number of aliphatic hydroxyl groups excluding tert-OH is 1. The molecule has 1 rings (SSSR count). The number of aliphatic hydroxyl groups is 1. The van der Waals surface area contributed by atoms with Gasteiger partial charge in [-0.25, -0.2) is 4.79 Å². The van der Waals surface area contributed by atoms with Crippen molar-refractivity contribution in [3.63, 3.8) is 0 Å². The van der Waals surface area contributed by atoms with Gasteiger partial charge in [-0.3, -0.25) is 0 Å². The highest BCUT2D eigenvalue weighted by molar-refractivity contribution is 5.68. The number of amides is 1. The Balaban J connectivity index is 2.55. The van der Waals surface area contributed by atoms with Crippen LogP contribution in [0.4, 0.5) is 4.79 Å². The van der Waals surface area contributed by atoms with Crippen LogP contribution in [-0.4, -0.2) is 23.4 Å². The highest BCUT2D eigenvalue weighted by atomic mass is 16.6. The van der Waals surface area contributed by atoms with Crippen molar-refractivity contribution in [1.29, 1.82) is 0 Å². The van der Waals surface area contributed by atoms with Crippen LogP contribution in [-0.2, 0) is 4.74 Å². The van der Waals surface area contributed by atoms with Crippen molar-refractivity contribution < 1.29 is 19.1 Å². The Morgan fingerprint density at radius 2 is 2.31 bits per heavy atom. The Labute approximate surface area is 94.4 Å². The Morgan fingerprint density at radius 3 is 2.75 bits per heavy atom. The lowest BCUT2D eigenvalue weighted by atomic mass is 10.2. The van der Waals surface area contributed by atoms with Gasteiger partial charge in [0.1, 0.15) is 17.4 Å². The summed E-state index contributed by atoms with van der Waals surface area (Å²) in [5, 5.41) is 11.6. The molecule has 5 heteroatoms. The zero-order valence-electron chi connectivity index (χ0n) is 9.69. The number of ether oxygens (including phenoxy) is 1. The molecule has 5 nitrogen and oxygen atoms in total. The third-order valence-corrected chi connectivity index (χ3v) is 1.76. The number of hydrogen-bond acceptors (Lipinski definition) is 4. The summed E-state index contributed by atoms with van der Waals surface area (Å²) in [6.45, 7) is 5.07. The van der Waals surface area contributed by atoms with Gasteiger partial charge in [0.2, 0.25) is 0 Å².